The van der Waals surface area contributed by atoms with E-state index in [-0.39, 0.29) is 5.75 Å². The normalized spacial score (nSPS) is 18.2. The summed E-state index contributed by atoms with van der Waals surface area (Å²) in [7, 11) is -1.98. The summed E-state index contributed by atoms with van der Waals surface area (Å²) >= 11 is 0. The lowest BCUT2D eigenvalue weighted by atomic mass is 9.83. The third-order valence-electron chi connectivity index (χ3n) is 3.65. The summed E-state index contributed by atoms with van der Waals surface area (Å²) < 4.78 is 39.2. The van der Waals surface area contributed by atoms with Crippen molar-refractivity contribution in [1.29, 1.82) is 0 Å². The van der Waals surface area contributed by atoms with Gasteiger partial charge in [0.15, 0.2) is 0 Å². The minimum Gasteiger partial charge on any atom is -0.497 e. The zero-order valence-corrected chi connectivity index (χ0v) is 12.9. The summed E-state index contributed by atoms with van der Waals surface area (Å²) in [6.07, 6.45) is 1.24. The molecule has 1 heterocycles. The van der Waals surface area contributed by atoms with Crippen LogP contribution in [0.4, 0.5) is 0 Å². The Kier molecular flexibility index (Phi) is 5.08. The van der Waals surface area contributed by atoms with E-state index in [9.17, 15) is 8.42 Å². The average molecular weight is 315 g/mol. The van der Waals surface area contributed by atoms with Crippen LogP contribution in [0.5, 0.6) is 11.5 Å². The monoisotopic (exact) mass is 315 g/mol. The maximum Gasteiger partial charge on any atom is 0.209 e. The smallest absolute Gasteiger partial charge is 0.209 e. The summed E-state index contributed by atoms with van der Waals surface area (Å²) in [5.41, 5.74) is -0.491. The van der Waals surface area contributed by atoms with E-state index in [2.05, 4.69) is 0 Å². The summed E-state index contributed by atoms with van der Waals surface area (Å²) in [6.45, 7) is 1.34. The minimum absolute atomic E-state index is 0.0900. The SMILES string of the molecule is COc1cccc(OCC2(CS(N)(=O)=O)CCOCC2)c1. The molecule has 6 nitrogen and oxygen atoms in total. The molecule has 2 N–H and O–H groups in total. The minimum atomic E-state index is -3.56. The molecule has 0 saturated carbocycles. The number of hydrogen-bond donors (Lipinski definition) is 1. The number of methoxy groups -OCH3 is 1. The fourth-order valence-electron chi connectivity index (χ4n) is 2.49. The highest BCUT2D eigenvalue weighted by atomic mass is 32.2. The molecule has 1 aromatic rings. The van der Waals surface area contributed by atoms with Gasteiger partial charge in [-0.3, -0.25) is 0 Å². The van der Waals surface area contributed by atoms with Gasteiger partial charge in [0.25, 0.3) is 0 Å². The molecule has 0 bridgehead atoms. The Morgan fingerprint density at radius 2 is 1.95 bits per heavy atom. The molecule has 0 amide bonds. The second-order valence-electron chi connectivity index (χ2n) is 5.39. The molecule has 118 valence electrons. The standard InChI is InChI=1S/C14H21NO5S/c1-18-12-3-2-4-13(9-12)20-10-14(11-21(15,16)17)5-7-19-8-6-14/h2-4,9H,5-8,10-11H2,1H3,(H2,15,16,17). The fraction of sp³-hybridized carbons (Fsp3) is 0.571. The van der Waals surface area contributed by atoms with Gasteiger partial charge in [-0.25, -0.2) is 13.6 Å². The van der Waals surface area contributed by atoms with E-state index in [4.69, 9.17) is 19.3 Å². The van der Waals surface area contributed by atoms with E-state index >= 15 is 0 Å². The Labute approximate surface area is 125 Å². The second kappa shape index (κ2) is 6.64. The summed E-state index contributed by atoms with van der Waals surface area (Å²) in [5, 5.41) is 5.22. The topological polar surface area (TPSA) is 87.9 Å². The van der Waals surface area contributed by atoms with Gasteiger partial charge in [-0.1, -0.05) is 6.07 Å². The maximum atomic E-state index is 11.5. The van der Waals surface area contributed by atoms with Crippen LogP contribution in [0.3, 0.4) is 0 Å². The number of primary sulfonamides is 1. The van der Waals surface area contributed by atoms with Crippen molar-refractivity contribution >= 4 is 10.0 Å². The zero-order valence-electron chi connectivity index (χ0n) is 12.1. The molecule has 0 unspecified atom stereocenters. The van der Waals surface area contributed by atoms with Crippen LogP contribution >= 0.6 is 0 Å². The van der Waals surface area contributed by atoms with Gasteiger partial charge in [-0.15, -0.1) is 0 Å². The van der Waals surface area contributed by atoms with Crippen molar-refractivity contribution in [2.24, 2.45) is 10.6 Å². The molecule has 7 heteroatoms. The van der Waals surface area contributed by atoms with Gasteiger partial charge in [-0.2, -0.15) is 0 Å². The quantitative estimate of drug-likeness (QED) is 0.851. The van der Waals surface area contributed by atoms with Crippen LogP contribution in [-0.4, -0.2) is 41.1 Å². The van der Waals surface area contributed by atoms with Crippen LogP contribution < -0.4 is 14.6 Å². The van der Waals surface area contributed by atoms with Gasteiger partial charge in [0.1, 0.15) is 11.5 Å². The predicted molar refractivity (Wildman–Crippen MR) is 78.9 cm³/mol. The lowest BCUT2D eigenvalue weighted by molar-refractivity contribution is 0.00206. The molecule has 2 rings (SSSR count). The van der Waals surface area contributed by atoms with Crippen molar-refractivity contribution in [1.82, 2.24) is 0 Å². The molecule has 1 aliphatic rings. The van der Waals surface area contributed by atoms with Crippen LogP contribution in [0.25, 0.3) is 0 Å². The van der Waals surface area contributed by atoms with Gasteiger partial charge in [-0.05, 0) is 25.0 Å². The molecule has 0 aromatic heterocycles. The molecule has 1 saturated heterocycles. The van der Waals surface area contributed by atoms with Crippen LogP contribution in [0.15, 0.2) is 24.3 Å². The van der Waals surface area contributed by atoms with E-state index in [0.29, 0.717) is 44.2 Å². The number of ether oxygens (including phenoxy) is 3. The van der Waals surface area contributed by atoms with Crippen LogP contribution in [0, 0.1) is 5.41 Å². The molecular weight excluding hydrogens is 294 g/mol. The molecule has 0 aliphatic carbocycles. The number of nitrogens with two attached hydrogens (primary N) is 1. The summed E-state index contributed by atoms with van der Waals surface area (Å²) in [6, 6.07) is 7.22. The summed E-state index contributed by atoms with van der Waals surface area (Å²) in [5.74, 6) is 1.25. The molecular formula is C14H21NO5S. The van der Waals surface area contributed by atoms with Crippen molar-refractivity contribution in [2.45, 2.75) is 12.8 Å². The highest BCUT2D eigenvalue weighted by molar-refractivity contribution is 7.89. The molecule has 0 atom stereocenters. The first-order chi connectivity index (χ1) is 9.92. The number of rotatable bonds is 6. The Hall–Kier alpha value is -1.31. The average Bonchev–Trinajstić information content (AvgIpc) is 2.45. The Morgan fingerprint density at radius 3 is 2.57 bits per heavy atom. The molecule has 0 radical (unpaired) electrons. The Morgan fingerprint density at radius 1 is 1.29 bits per heavy atom. The number of sulfonamides is 1. The largest absolute Gasteiger partial charge is 0.497 e. The molecule has 0 spiro atoms. The third-order valence-corrected chi connectivity index (χ3v) is 4.66. The van der Waals surface area contributed by atoms with E-state index in [1.165, 1.54) is 0 Å². The molecule has 21 heavy (non-hydrogen) atoms. The first-order valence-corrected chi connectivity index (χ1v) is 8.49. The Balaban J connectivity index is 2.08. The predicted octanol–water partition coefficient (Wildman–Crippen LogP) is 1.16. The lowest BCUT2D eigenvalue weighted by Gasteiger charge is -2.36. The van der Waals surface area contributed by atoms with Gasteiger partial charge in [0.2, 0.25) is 10.0 Å². The first kappa shape index (κ1) is 16.1. The molecule has 1 aromatic carbocycles. The third kappa shape index (κ3) is 4.87. The van der Waals surface area contributed by atoms with E-state index in [0.717, 1.165) is 0 Å². The van der Waals surface area contributed by atoms with Crippen LogP contribution in [0.1, 0.15) is 12.8 Å². The van der Waals surface area contributed by atoms with Crippen molar-refractivity contribution in [3.05, 3.63) is 24.3 Å². The van der Waals surface area contributed by atoms with Gasteiger partial charge >= 0.3 is 0 Å². The van der Waals surface area contributed by atoms with E-state index < -0.39 is 15.4 Å². The number of hydrogen-bond acceptors (Lipinski definition) is 5. The first-order valence-electron chi connectivity index (χ1n) is 6.78. The van der Waals surface area contributed by atoms with Crippen molar-refractivity contribution in [3.8, 4) is 11.5 Å². The highest BCUT2D eigenvalue weighted by Crippen LogP contribution is 2.33. The van der Waals surface area contributed by atoms with Gasteiger partial charge in [0, 0.05) is 24.7 Å². The van der Waals surface area contributed by atoms with Gasteiger partial charge in [0.05, 0.1) is 19.5 Å². The van der Waals surface area contributed by atoms with E-state index in [1.54, 1.807) is 13.2 Å². The van der Waals surface area contributed by atoms with Crippen molar-refractivity contribution in [2.75, 3.05) is 32.7 Å². The summed E-state index contributed by atoms with van der Waals surface area (Å²) in [4.78, 5) is 0. The Bertz CT molecular complexity index is 566. The zero-order chi connectivity index (χ0) is 15.3. The maximum absolute atomic E-state index is 11.5. The van der Waals surface area contributed by atoms with Crippen molar-refractivity contribution < 1.29 is 22.6 Å². The highest BCUT2D eigenvalue weighted by Gasteiger charge is 2.37. The lowest BCUT2D eigenvalue weighted by Crippen LogP contribution is -2.42. The van der Waals surface area contributed by atoms with Gasteiger partial charge < -0.3 is 14.2 Å². The van der Waals surface area contributed by atoms with Crippen LogP contribution in [-0.2, 0) is 14.8 Å². The van der Waals surface area contributed by atoms with Crippen molar-refractivity contribution in [3.63, 3.8) is 0 Å². The number of benzene rings is 1. The fourth-order valence-corrected chi connectivity index (χ4v) is 3.71. The molecule has 1 aliphatic heterocycles. The van der Waals surface area contributed by atoms with Crippen LogP contribution in [0.2, 0.25) is 0 Å². The van der Waals surface area contributed by atoms with E-state index in [1.807, 2.05) is 18.2 Å². The second-order valence-corrected chi connectivity index (χ2v) is 7.00. The molecule has 1 fully saturated rings.